The van der Waals surface area contributed by atoms with Crippen LogP contribution in [-0.4, -0.2) is 57.8 Å². The third-order valence-corrected chi connectivity index (χ3v) is 10.7. The summed E-state index contributed by atoms with van der Waals surface area (Å²) in [5.41, 5.74) is 5.23. The standard InChI is InChI=1S/C35H36N6O4S/c1-20-39-40-34(45-20)28-25(9-8-21-11-15-44-16-12-21)38-31-26-7-4-14-41(26)35(42)30(31)29(28)27-18-23-10-13-36-33(32(23)46-27)37-19-22-5-3-6-24(17-22)43-2/h3,5-6,10,13,17-18,21,26H,4,7-9,11-12,14-16,19H2,1-2H3,(H,36,37). The summed E-state index contributed by atoms with van der Waals surface area (Å²) in [6.07, 6.45) is 7.61. The quantitative estimate of drug-likeness (QED) is 0.183. The highest BCUT2D eigenvalue weighted by Crippen LogP contribution is 2.50. The first-order chi connectivity index (χ1) is 22.6. The van der Waals surface area contributed by atoms with Crippen molar-refractivity contribution in [2.75, 3.05) is 32.2 Å². The van der Waals surface area contributed by atoms with Crippen molar-refractivity contribution in [1.82, 2.24) is 25.1 Å². The van der Waals surface area contributed by atoms with E-state index in [1.54, 1.807) is 25.4 Å². The summed E-state index contributed by atoms with van der Waals surface area (Å²) >= 11 is 1.63. The third kappa shape index (κ3) is 5.21. The molecule has 236 valence electrons. The van der Waals surface area contributed by atoms with Gasteiger partial charge in [-0.15, -0.1) is 21.5 Å². The first kappa shape index (κ1) is 29.1. The number of nitrogens with zero attached hydrogens (tertiary/aromatic N) is 5. The number of amides is 1. The number of methoxy groups -OCH3 is 1. The maximum Gasteiger partial charge on any atom is 0.257 e. The molecule has 1 unspecified atom stereocenters. The van der Waals surface area contributed by atoms with Crippen molar-refractivity contribution in [3.05, 3.63) is 71.0 Å². The van der Waals surface area contributed by atoms with E-state index in [-0.39, 0.29) is 11.9 Å². The van der Waals surface area contributed by atoms with Gasteiger partial charge in [0, 0.05) is 49.9 Å². The molecule has 1 aromatic carbocycles. The molecule has 0 aliphatic carbocycles. The first-order valence-electron chi connectivity index (χ1n) is 16.1. The van der Waals surface area contributed by atoms with Gasteiger partial charge in [0.1, 0.15) is 11.6 Å². The second-order valence-corrected chi connectivity index (χ2v) is 13.4. The van der Waals surface area contributed by atoms with E-state index >= 15 is 0 Å². The number of pyridine rings is 2. The van der Waals surface area contributed by atoms with Crippen molar-refractivity contribution in [3.63, 3.8) is 0 Å². The number of nitrogens with one attached hydrogen (secondary N) is 1. The lowest BCUT2D eigenvalue weighted by Crippen LogP contribution is -2.22. The smallest absolute Gasteiger partial charge is 0.257 e. The molecule has 2 saturated heterocycles. The van der Waals surface area contributed by atoms with Crippen molar-refractivity contribution < 1.29 is 18.7 Å². The molecular formula is C35H36N6O4S. The van der Waals surface area contributed by atoms with Gasteiger partial charge in [-0.05, 0) is 79.7 Å². The van der Waals surface area contributed by atoms with Gasteiger partial charge in [0.15, 0.2) is 0 Å². The van der Waals surface area contributed by atoms with Gasteiger partial charge in [-0.1, -0.05) is 12.1 Å². The number of aryl methyl sites for hydroxylation is 2. The lowest BCUT2D eigenvalue weighted by Gasteiger charge is -2.22. The zero-order chi connectivity index (χ0) is 31.2. The van der Waals surface area contributed by atoms with Crippen molar-refractivity contribution in [1.29, 1.82) is 0 Å². The second kappa shape index (κ2) is 12.1. The average Bonchev–Trinajstić information content (AvgIpc) is 3.89. The molecule has 0 radical (unpaired) electrons. The Hall–Kier alpha value is -4.35. The minimum absolute atomic E-state index is 0.0117. The van der Waals surface area contributed by atoms with Crippen LogP contribution in [0.3, 0.4) is 0 Å². The predicted octanol–water partition coefficient (Wildman–Crippen LogP) is 6.99. The minimum Gasteiger partial charge on any atom is -0.497 e. The van der Waals surface area contributed by atoms with E-state index in [9.17, 15) is 4.79 Å². The number of aromatic nitrogens is 4. The predicted molar refractivity (Wildman–Crippen MR) is 176 cm³/mol. The number of ether oxygens (including phenoxy) is 2. The lowest BCUT2D eigenvalue weighted by atomic mass is 9.90. The molecule has 7 heterocycles. The van der Waals surface area contributed by atoms with Crippen LogP contribution in [0.15, 0.2) is 47.0 Å². The summed E-state index contributed by atoms with van der Waals surface area (Å²) in [7, 11) is 1.67. The van der Waals surface area contributed by atoms with E-state index in [2.05, 4.69) is 27.6 Å². The molecule has 4 aromatic heterocycles. The Morgan fingerprint density at radius 1 is 1.09 bits per heavy atom. The number of carbonyl (C=O) groups excluding carboxylic acids is 1. The Morgan fingerprint density at radius 2 is 1.98 bits per heavy atom. The minimum atomic E-state index is 0.0117. The second-order valence-electron chi connectivity index (χ2n) is 12.3. The van der Waals surface area contributed by atoms with Gasteiger partial charge in [0.05, 0.1) is 40.4 Å². The Balaban J connectivity index is 1.26. The number of carbonyl (C=O) groups is 1. The number of thiophene rings is 1. The molecule has 1 amide bonds. The van der Waals surface area contributed by atoms with Crippen LogP contribution in [0.5, 0.6) is 5.75 Å². The van der Waals surface area contributed by atoms with Crippen LogP contribution in [-0.2, 0) is 17.7 Å². The van der Waals surface area contributed by atoms with Gasteiger partial charge in [0.25, 0.3) is 5.91 Å². The van der Waals surface area contributed by atoms with Crippen LogP contribution in [0, 0.1) is 12.8 Å². The van der Waals surface area contributed by atoms with Crippen LogP contribution < -0.4 is 10.1 Å². The van der Waals surface area contributed by atoms with Crippen LogP contribution in [0.1, 0.15) is 71.3 Å². The Labute approximate surface area is 271 Å². The fourth-order valence-electron chi connectivity index (χ4n) is 7.16. The molecular weight excluding hydrogens is 600 g/mol. The van der Waals surface area contributed by atoms with E-state index in [1.165, 1.54) is 0 Å². The number of fused-ring (bicyclic) bond motifs is 4. The number of anilines is 1. The van der Waals surface area contributed by atoms with Gasteiger partial charge >= 0.3 is 0 Å². The van der Waals surface area contributed by atoms with Crippen LogP contribution in [0.25, 0.3) is 32.0 Å². The molecule has 46 heavy (non-hydrogen) atoms. The number of hydrogen-bond acceptors (Lipinski definition) is 10. The SMILES string of the molecule is COc1cccc(CNc2nccc3cc(-c4c5c(nc(CCC6CCOCC6)c4-c4nnc(C)o4)C4CCCN4C5=O)sc23)c1. The number of rotatable bonds is 9. The summed E-state index contributed by atoms with van der Waals surface area (Å²) in [6.45, 7) is 4.75. The zero-order valence-electron chi connectivity index (χ0n) is 26.0. The highest BCUT2D eigenvalue weighted by Gasteiger charge is 2.45. The molecule has 1 atom stereocenters. The summed E-state index contributed by atoms with van der Waals surface area (Å²) in [5.74, 6) is 3.12. The summed E-state index contributed by atoms with van der Waals surface area (Å²) in [4.78, 5) is 27.1. The lowest BCUT2D eigenvalue weighted by molar-refractivity contribution is 0.0639. The number of hydrogen-bond donors (Lipinski definition) is 1. The molecule has 3 aliphatic heterocycles. The monoisotopic (exact) mass is 636 g/mol. The molecule has 0 saturated carbocycles. The van der Waals surface area contributed by atoms with Crippen LogP contribution in [0.4, 0.5) is 5.82 Å². The normalized spacial score (nSPS) is 17.9. The molecule has 3 aliphatic rings. The van der Waals surface area contributed by atoms with E-state index < -0.39 is 0 Å². The van der Waals surface area contributed by atoms with Crippen LogP contribution in [0.2, 0.25) is 0 Å². The topological polar surface area (TPSA) is 116 Å². The fourth-order valence-corrected chi connectivity index (χ4v) is 8.34. The van der Waals surface area contributed by atoms with E-state index in [0.717, 1.165) is 113 Å². The molecule has 1 N–H and O–H groups in total. The highest BCUT2D eigenvalue weighted by molar-refractivity contribution is 7.23. The maximum atomic E-state index is 14.1. The highest BCUT2D eigenvalue weighted by atomic mass is 32.1. The van der Waals surface area contributed by atoms with E-state index in [0.29, 0.717) is 29.8 Å². The summed E-state index contributed by atoms with van der Waals surface area (Å²) in [5, 5.41) is 13.3. The van der Waals surface area contributed by atoms with Gasteiger partial charge in [-0.3, -0.25) is 9.78 Å². The van der Waals surface area contributed by atoms with E-state index in [4.69, 9.17) is 23.9 Å². The van der Waals surface area contributed by atoms with Crippen molar-refractivity contribution >= 4 is 33.1 Å². The number of benzene rings is 1. The fraction of sp³-hybridized carbons (Fsp3) is 0.400. The molecule has 0 bridgehead atoms. The van der Waals surface area contributed by atoms with Gasteiger partial charge < -0.3 is 24.1 Å². The Bertz CT molecular complexity index is 1930. The van der Waals surface area contributed by atoms with Gasteiger partial charge in [-0.25, -0.2) is 4.98 Å². The molecule has 11 heteroatoms. The summed E-state index contributed by atoms with van der Waals surface area (Å²) < 4.78 is 18.2. The van der Waals surface area contributed by atoms with Crippen LogP contribution >= 0.6 is 11.3 Å². The van der Waals surface area contributed by atoms with Crippen molar-refractivity contribution in [2.24, 2.45) is 5.92 Å². The van der Waals surface area contributed by atoms with Gasteiger partial charge in [-0.2, -0.15) is 0 Å². The first-order valence-corrected chi connectivity index (χ1v) is 16.9. The van der Waals surface area contributed by atoms with Gasteiger partial charge in [0.2, 0.25) is 11.8 Å². The Morgan fingerprint density at radius 3 is 2.80 bits per heavy atom. The zero-order valence-corrected chi connectivity index (χ0v) is 26.9. The molecule has 0 spiro atoms. The Kier molecular flexibility index (Phi) is 7.65. The van der Waals surface area contributed by atoms with Crippen molar-refractivity contribution in [3.8, 4) is 27.6 Å². The summed E-state index contributed by atoms with van der Waals surface area (Å²) in [6, 6.07) is 12.2. The molecule has 10 nitrogen and oxygen atoms in total. The average molecular weight is 637 g/mol. The maximum absolute atomic E-state index is 14.1. The van der Waals surface area contributed by atoms with Crippen molar-refractivity contribution in [2.45, 2.75) is 58.0 Å². The largest absolute Gasteiger partial charge is 0.497 e. The molecule has 2 fully saturated rings. The third-order valence-electron chi connectivity index (χ3n) is 9.49. The molecule has 8 rings (SSSR count). The molecule has 5 aromatic rings. The van der Waals surface area contributed by atoms with E-state index in [1.807, 2.05) is 35.4 Å².